The average molecular weight is 307 g/mol. The third kappa shape index (κ3) is 3.36. The van der Waals surface area contributed by atoms with Crippen molar-refractivity contribution in [3.63, 3.8) is 0 Å². The molecule has 0 saturated heterocycles. The second-order valence-electron chi connectivity index (χ2n) is 5.66. The minimum absolute atomic E-state index is 0.0460. The van der Waals surface area contributed by atoms with E-state index in [-0.39, 0.29) is 5.41 Å². The van der Waals surface area contributed by atoms with Crippen LogP contribution >= 0.6 is 24.0 Å². The molecule has 0 saturated carbocycles. The lowest BCUT2D eigenvalue weighted by atomic mass is 9.91. The summed E-state index contributed by atoms with van der Waals surface area (Å²) in [6.45, 7) is 9.24. The van der Waals surface area contributed by atoms with Gasteiger partial charge in [0.15, 0.2) is 0 Å². The van der Waals surface area contributed by atoms with Gasteiger partial charge in [-0.05, 0) is 19.1 Å². The molecule has 20 heavy (non-hydrogen) atoms. The van der Waals surface area contributed by atoms with Crippen molar-refractivity contribution in [2.45, 2.75) is 38.9 Å². The Labute approximate surface area is 130 Å². The second-order valence-corrected chi connectivity index (χ2v) is 7.06. The lowest BCUT2D eigenvalue weighted by Crippen LogP contribution is -2.13. The van der Waals surface area contributed by atoms with Crippen LogP contribution in [0.15, 0.2) is 24.3 Å². The molecule has 4 heteroatoms. The van der Waals surface area contributed by atoms with Crippen LogP contribution in [0.25, 0.3) is 10.6 Å². The fourth-order valence-electron chi connectivity index (χ4n) is 2.05. The SMILES string of the molecule is CCOc1cccc(-c2nc(C(C)(C)C)c(CS)s2)c1. The van der Waals surface area contributed by atoms with Crippen LogP contribution in [0.4, 0.5) is 0 Å². The molecular formula is C16H21NOS2. The smallest absolute Gasteiger partial charge is 0.124 e. The molecule has 0 aliphatic carbocycles. The first kappa shape index (κ1) is 15.4. The maximum atomic E-state index is 5.56. The third-order valence-corrected chi connectivity index (χ3v) is 4.58. The summed E-state index contributed by atoms with van der Waals surface area (Å²) in [5.74, 6) is 1.63. The van der Waals surface area contributed by atoms with Gasteiger partial charge in [-0.15, -0.1) is 11.3 Å². The van der Waals surface area contributed by atoms with Gasteiger partial charge in [0.2, 0.25) is 0 Å². The van der Waals surface area contributed by atoms with Gasteiger partial charge in [0, 0.05) is 21.6 Å². The Morgan fingerprint density at radius 3 is 2.60 bits per heavy atom. The minimum Gasteiger partial charge on any atom is -0.494 e. The number of nitrogens with zero attached hydrogens (tertiary/aromatic N) is 1. The van der Waals surface area contributed by atoms with E-state index < -0.39 is 0 Å². The normalized spacial score (nSPS) is 11.7. The highest BCUT2D eigenvalue weighted by molar-refractivity contribution is 7.79. The average Bonchev–Trinajstić information content (AvgIpc) is 2.83. The van der Waals surface area contributed by atoms with Gasteiger partial charge in [0.1, 0.15) is 10.8 Å². The Hall–Kier alpha value is -1.000. The van der Waals surface area contributed by atoms with E-state index in [0.717, 1.165) is 27.8 Å². The van der Waals surface area contributed by atoms with Gasteiger partial charge in [-0.2, -0.15) is 12.6 Å². The van der Waals surface area contributed by atoms with Crippen LogP contribution < -0.4 is 4.74 Å². The molecule has 1 aromatic heterocycles. The van der Waals surface area contributed by atoms with Gasteiger partial charge < -0.3 is 4.74 Å². The molecule has 0 N–H and O–H groups in total. The number of hydrogen-bond donors (Lipinski definition) is 1. The molecule has 0 aliphatic rings. The fourth-order valence-corrected chi connectivity index (χ4v) is 3.53. The van der Waals surface area contributed by atoms with Crippen molar-refractivity contribution in [2.24, 2.45) is 0 Å². The van der Waals surface area contributed by atoms with Crippen molar-refractivity contribution in [1.29, 1.82) is 0 Å². The van der Waals surface area contributed by atoms with Crippen LogP contribution in [0, 0.1) is 0 Å². The zero-order valence-electron chi connectivity index (χ0n) is 12.4. The summed E-state index contributed by atoms with van der Waals surface area (Å²) in [6, 6.07) is 8.12. The molecule has 1 heterocycles. The first-order valence-corrected chi connectivity index (χ1v) is 8.25. The number of hydrogen-bond acceptors (Lipinski definition) is 4. The summed E-state index contributed by atoms with van der Waals surface area (Å²) >= 11 is 6.16. The summed E-state index contributed by atoms with van der Waals surface area (Å²) < 4.78 is 5.56. The number of thiol groups is 1. The molecule has 0 aliphatic heterocycles. The van der Waals surface area contributed by atoms with E-state index in [9.17, 15) is 0 Å². The van der Waals surface area contributed by atoms with Gasteiger partial charge in [-0.25, -0.2) is 4.98 Å². The number of thiazole rings is 1. The van der Waals surface area contributed by atoms with E-state index in [4.69, 9.17) is 9.72 Å². The van der Waals surface area contributed by atoms with E-state index in [1.54, 1.807) is 11.3 Å². The largest absolute Gasteiger partial charge is 0.494 e. The summed E-state index contributed by atoms with van der Waals surface area (Å²) in [6.07, 6.45) is 0. The Bertz CT molecular complexity index is 584. The van der Waals surface area contributed by atoms with Gasteiger partial charge in [0.05, 0.1) is 12.3 Å². The monoisotopic (exact) mass is 307 g/mol. The molecule has 2 nitrogen and oxygen atoms in total. The molecular weight excluding hydrogens is 286 g/mol. The molecule has 0 radical (unpaired) electrons. The van der Waals surface area contributed by atoms with Gasteiger partial charge >= 0.3 is 0 Å². The maximum absolute atomic E-state index is 5.56. The van der Waals surface area contributed by atoms with E-state index in [1.165, 1.54) is 4.88 Å². The summed E-state index contributed by atoms with van der Waals surface area (Å²) in [4.78, 5) is 6.09. The van der Waals surface area contributed by atoms with Crippen molar-refractivity contribution >= 4 is 24.0 Å². The molecule has 2 rings (SSSR count). The molecule has 0 atom stereocenters. The van der Waals surface area contributed by atoms with E-state index in [2.05, 4.69) is 45.5 Å². The predicted octanol–water partition coefficient (Wildman–Crippen LogP) is 4.94. The van der Waals surface area contributed by atoms with Crippen LogP contribution in [0.3, 0.4) is 0 Å². The number of ether oxygens (including phenoxy) is 1. The van der Waals surface area contributed by atoms with E-state index in [0.29, 0.717) is 6.61 Å². The van der Waals surface area contributed by atoms with Crippen molar-refractivity contribution in [2.75, 3.05) is 6.61 Å². The Morgan fingerprint density at radius 1 is 1.30 bits per heavy atom. The zero-order chi connectivity index (χ0) is 14.8. The summed E-state index contributed by atoms with van der Waals surface area (Å²) in [5, 5.41) is 1.04. The molecule has 0 unspecified atom stereocenters. The Morgan fingerprint density at radius 2 is 2.05 bits per heavy atom. The first-order chi connectivity index (χ1) is 9.45. The van der Waals surface area contributed by atoms with Gasteiger partial charge in [0.25, 0.3) is 0 Å². The minimum atomic E-state index is 0.0460. The van der Waals surface area contributed by atoms with E-state index in [1.807, 2.05) is 19.1 Å². The number of aromatic nitrogens is 1. The lowest BCUT2D eigenvalue weighted by Gasteiger charge is -2.16. The van der Waals surface area contributed by atoms with Crippen molar-refractivity contribution in [1.82, 2.24) is 4.98 Å². The van der Waals surface area contributed by atoms with Crippen LogP contribution in [-0.4, -0.2) is 11.6 Å². The van der Waals surface area contributed by atoms with Crippen LogP contribution in [0.1, 0.15) is 38.3 Å². The molecule has 0 spiro atoms. The van der Waals surface area contributed by atoms with Crippen molar-refractivity contribution < 1.29 is 4.74 Å². The second kappa shape index (κ2) is 6.19. The number of benzene rings is 1. The highest BCUT2D eigenvalue weighted by atomic mass is 32.1. The van der Waals surface area contributed by atoms with Crippen molar-refractivity contribution in [3.8, 4) is 16.3 Å². The van der Waals surface area contributed by atoms with Crippen LogP contribution in [-0.2, 0) is 11.2 Å². The highest BCUT2D eigenvalue weighted by Gasteiger charge is 2.23. The quantitative estimate of drug-likeness (QED) is 0.809. The topological polar surface area (TPSA) is 22.1 Å². The maximum Gasteiger partial charge on any atom is 0.124 e. The molecule has 108 valence electrons. The predicted molar refractivity (Wildman–Crippen MR) is 90.1 cm³/mol. The van der Waals surface area contributed by atoms with Crippen LogP contribution in [0.2, 0.25) is 0 Å². The molecule has 0 bridgehead atoms. The third-order valence-electron chi connectivity index (χ3n) is 2.94. The standard InChI is InChI=1S/C16H21NOS2/c1-5-18-12-8-6-7-11(9-12)15-17-14(16(2,3)4)13(10-19)20-15/h6-9,19H,5,10H2,1-4H3. The molecule has 0 amide bonds. The molecule has 2 aromatic rings. The van der Waals surface area contributed by atoms with Crippen LogP contribution in [0.5, 0.6) is 5.75 Å². The van der Waals surface area contributed by atoms with E-state index >= 15 is 0 Å². The summed E-state index contributed by atoms with van der Waals surface area (Å²) in [5.41, 5.74) is 2.30. The number of rotatable bonds is 4. The van der Waals surface area contributed by atoms with Crippen molar-refractivity contribution in [3.05, 3.63) is 34.8 Å². The van der Waals surface area contributed by atoms with Gasteiger partial charge in [-0.1, -0.05) is 32.9 Å². The van der Waals surface area contributed by atoms with Gasteiger partial charge in [-0.3, -0.25) is 0 Å². The molecule has 1 aromatic carbocycles. The Kier molecular flexibility index (Phi) is 4.76. The lowest BCUT2D eigenvalue weighted by molar-refractivity contribution is 0.340. The fraction of sp³-hybridized carbons (Fsp3) is 0.438. The summed E-state index contributed by atoms with van der Waals surface area (Å²) in [7, 11) is 0. The Balaban J connectivity index is 2.43. The first-order valence-electron chi connectivity index (χ1n) is 6.80. The highest BCUT2D eigenvalue weighted by Crippen LogP contribution is 2.36. The zero-order valence-corrected chi connectivity index (χ0v) is 14.1. The molecule has 0 fully saturated rings.